The monoisotopic (exact) mass is 317 g/mol. The molecule has 0 spiro atoms. The SMILES string of the molecule is CC(C)N(CCCBr)C(=O)CCC1CCCCC1. The van der Waals surface area contributed by atoms with Gasteiger partial charge < -0.3 is 4.90 Å². The zero-order valence-electron chi connectivity index (χ0n) is 12.0. The molecule has 3 heteroatoms. The lowest BCUT2D eigenvalue weighted by Crippen LogP contribution is -2.38. The van der Waals surface area contributed by atoms with Gasteiger partial charge in [0.15, 0.2) is 0 Å². The Morgan fingerprint density at radius 3 is 2.50 bits per heavy atom. The summed E-state index contributed by atoms with van der Waals surface area (Å²) in [5.74, 6) is 1.17. The molecule has 0 heterocycles. The molecule has 2 nitrogen and oxygen atoms in total. The van der Waals surface area contributed by atoms with Crippen molar-refractivity contribution in [1.29, 1.82) is 0 Å². The van der Waals surface area contributed by atoms with Crippen LogP contribution < -0.4 is 0 Å². The number of halogens is 1. The fraction of sp³-hybridized carbons (Fsp3) is 0.933. The Balaban J connectivity index is 2.31. The third-order valence-electron chi connectivity index (χ3n) is 3.97. The van der Waals surface area contributed by atoms with Gasteiger partial charge in [-0.25, -0.2) is 0 Å². The summed E-state index contributed by atoms with van der Waals surface area (Å²) in [6.45, 7) is 5.13. The van der Waals surface area contributed by atoms with Gasteiger partial charge in [0.05, 0.1) is 0 Å². The second-order valence-corrected chi connectivity index (χ2v) is 6.56. The Bertz CT molecular complexity index is 237. The van der Waals surface area contributed by atoms with Crippen molar-refractivity contribution in [2.24, 2.45) is 5.92 Å². The Morgan fingerprint density at radius 1 is 1.28 bits per heavy atom. The van der Waals surface area contributed by atoms with Crippen LogP contribution in [0.15, 0.2) is 0 Å². The third-order valence-corrected chi connectivity index (χ3v) is 4.53. The number of alkyl halides is 1. The first kappa shape index (κ1) is 16.0. The predicted molar refractivity (Wildman–Crippen MR) is 81.1 cm³/mol. The van der Waals surface area contributed by atoms with Crippen molar-refractivity contribution in [1.82, 2.24) is 4.90 Å². The molecule has 1 rings (SSSR count). The fourth-order valence-corrected chi connectivity index (χ4v) is 3.10. The first-order chi connectivity index (χ1) is 8.65. The van der Waals surface area contributed by atoms with E-state index in [0.717, 1.165) is 37.1 Å². The van der Waals surface area contributed by atoms with Crippen LogP contribution in [0.25, 0.3) is 0 Å². The highest BCUT2D eigenvalue weighted by molar-refractivity contribution is 9.09. The maximum atomic E-state index is 12.2. The van der Waals surface area contributed by atoms with Crippen molar-refractivity contribution >= 4 is 21.8 Å². The number of rotatable bonds is 7. The zero-order chi connectivity index (χ0) is 13.4. The molecule has 0 aromatic carbocycles. The molecule has 1 amide bonds. The van der Waals surface area contributed by atoms with Gasteiger partial charge in [0.1, 0.15) is 0 Å². The van der Waals surface area contributed by atoms with Crippen molar-refractivity contribution < 1.29 is 4.79 Å². The molecule has 18 heavy (non-hydrogen) atoms. The first-order valence-electron chi connectivity index (χ1n) is 7.50. The van der Waals surface area contributed by atoms with E-state index in [9.17, 15) is 4.79 Å². The fourth-order valence-electron chi connectivity index (χ4n) is 2.85. The van der Waals surface area contributed by atoms with Gasteiger partial charge in [-0.3, -0.25) is 4.79 Å². The number of nitrogens with zero attached hydrogens (tertiary/aromatic N) is 1. The van der Waals surface area contributed by atoms with Crippen LogP contribution in [0.3, 0.4) is 0 Å². The first-order valence-corrected chi connectivity index (χ1v) is 8.62. The van der Waals surface area contributed by atoms with E-state index in [-0.39, 0.29) is 0 Å². The van der Waals surface area contributed by atoms with Crippen molar-refractivity contribution in [2.75, 3.05) is 11.9 Å². The van der Waals surface area contributed by atoms with Crippen LogP contribution in [-0.2, 0) is 4.79 Å². The van der Waals surface area contributed by atoms with E-state index in [2.05, 4.69) is 29.8 Å². The lowest BCUT2D eigenvalue weighted by Gasteiger charge is -2.28. The topological polar surface area (TPSA) is 20.3 Å². The number of hydrogen-bond donors (Lipinski definition) is 0. The number of carbonyl (C=O) groups excluding carboxylic acids is 1. The Hall–Kier alpha value is -0.0500. The van der Waals surface area contributed by atoms with Gasteiger partial charge in [0.25, 0.3) is 0 Å². The quantitative estimate of drug-likeness (QED) is 0.638. The highest BCUT2D eigenvalue weighted by Gasteiger charge is 2.19. The molecule has 0 unspecified atom stereocenters. The summed E-state index contributed by atoms with van der Waals surface area (Å²) in [4.78, 5) is 14.3. The molecule has 0 aliphatic heterocycles. The molecule has 0 bridgehead atoms. The molecule has 0 aromatic rings. The maximum Gasteiger partial charge on any atom is 0.222 e. The molecule has 1 aliphatic carbocycles. The lowest BCUT2D eigenvalue weighted by molar-refractivity contribution is -0.133. The minimum Gasteiger partial charge on any atom is -0.340 e. The normalized spacial score (nSPS) is 17.1. The van der Waals surface area contributed by atoms with E-state index < -0.39 is 0 Å². The van der Waals surface area contributed by atoms with Crippen LogP contribution in [0.2, 0.25) is 0 Å². The van der Waals surface area contributed by atoms with E-state index in [1.807, 2.05) is 4.90 Å². The molecule has 1 saturated carbocycles. The number of carbonyl (C=O) groups is 1. The molecule has 0 radical (unpaired) electrons. The highest BCUT2D eigenvalue weighted by Crippen LogP contribution is 2.27. The van der Waals surface area contributed by atoms with E-state index in [1.54, 1.807) is 0 Å². The van der Waals surface area contributed by atoms with Gasteiger partial charge in [-0.15, -0.1) is 0 Å². The summed E-state index contributed by atoms with van der Waals surface area (Å²) in [5.41, 5.74) is 0. The van der Waals surface area contributed by atoms with E-state index in [4.69, 9.17) is 0 Å². The maximum absolute atomic E-state index is 12.2. The Labute approximate surface area is 121 Å². The summed E-state index contributed by atoms with van der Waals surface area (Å²) < 4.78 is 0. The second kappa shape index (κ2) is 8.95. The Morgan fingerprint density at radius 2 is 1.94 bits per heavy atom. The molecule has 0 atom stereocenters. The zero-order valence-corrected chi connectivity index (χ0v) is 13.5. The summed E-state index contributed by atoms with van der Waals surface area (Å²) in [5, 5.41) is 0.978. The van der Waals surface area contributed by atoms with Crippen LogP contribution in [0, 0.1) is 5.92 Å². The molecule has 106 valence electrons. The standard InChI is InChI=1S/C15H28BrNO/c1-13(2)17(12-6-11-16)15(18)10-9-14-7-4-3-5-8-14/h13-14H,3-12H2,1-2H3. The summed E-state index contributed by atoms with van der Waals surface area (Å²) in [7, 11) is 0. The van der Waals surface area contributed by atoms with Gasteiger partial charge in [-0.1, -0.05) is 48.0 Å². The van der Waals surface area contributed by atoms with Crippen molar-refractivity contribution in [3.63, 3.8) is 0 Å². The van der Waals surface area contributed by atoms with Gasteiger partial charge in [-0.05, 0) is 32.6 Å². The molecule has 1 aliphatic rings. The van der Waals surface area contributed by atoms with Crippen molar-refractivity contribution in [2.45, 2.75) is 71.3 Å². The number of hydrogen-bond acceptors (Lipinski definition) is 1. The van der Waals surface area contributed by atoms with Crippen LogP contribution in [-0.4, -0.2) is 28.7 Å². The van der Waals surface area contributed by atoms with Gasteiger partial charge in [0, 0.05) is 24.3 Å². The average molecular weight is 318 g/mol. The van der Waals surface area contributed by atoms with Crippen LogP contribution in [0.5, 0.6) is 0 Å². The van der Waals surface area contributed by atoms with Gasteiger partial charge in [-0.2, -0.15) is 0 Å². The number of amides is 1. The molecule has 0 aromatic heterocycles. The van der Waals surface area contributed by atoms with Crippen LogP contribution >= 0.6 is 15.9 Å². The van der Waals surface area contributed by atoms with Crippen molar-refractivity contribution in [3.05, 3.63) is 0 Å². The Kier molecular flexibility index (Phi) is 7.96. The van der Waals surface area contributed by atoms with E-state index in [1.165, 1.54) is 32.1 Å². The second-order valence-electron chi connectivity index (χ2n) is 5.77. The molecular weight excluding hydrogens is 290 g/mol. The molecule has 0 N–H and O–H groups in total. The summed E-state index contributed by atoms with van der Waals surface area (Å²) in [6.07, 6.45) is 9.74. The largest absolute Gasteiger partial charge is 0.340 e. The minimum atomic E-state index is 0.336. The minimum absolute atomic E-state index is 0.336. The van der Waals surface area contributed by atoms with Crippen molar-refractivity contribution in [3.8, 4) is 0 Å². The smallest absolute Gasteiger partial charge is 0.222 e. The molecule has 0 saturated heterocycles. The van der Waals surface area contributed by atoms with Gasteiger partial charge in [0.2, 0.25) is 5.91 Å². The van der Waals surface area contributed by atoms with Crippen LogP contribution in [0.1, 0.15) is 65.2 Å². The molecular formula is C15H28BrNO. The van der Waals surface area contributed by atoms with E-state index >= 15 is 0 Å². The third kappa shape index (κ3) is 5.73. The molecule has 1 fully saturated rings. The van der Waals surface area contributed by atoms with Crippen LogP contribution in [0.4, 0.5) is 0 Å². The van der Waals surface area contributed by atoms with E-state index in [0.29, 0.717) is 11.9 Å². The highest BCUT2D eigenvalue weighted by atomic mass is 79.9. The lowest BCUT2D eigenvalue weighted by atomic mass is 9.86. The predicted octanol–water partition coefficient (Wildman–Crippen LogP) is 4.37. The summed E-state index contributed by atoms with van der Waals surface area (Å²) in [6, 6.07) is 0.336. The average Bonchev–Trinajstić information content (AvgIpc) is 2.37. The van der Waals surface area contributed by atoms with Gasteiger partial charge >= 0.3 is 0 Å². The summed E-state index contributed by atoms with van der Waals surface area (Å²) >= 11 is 3.44.